The average Bonchev–Trinajstić information content (AvgIpc) is 2.67. The van der Waals surface area contributed by atoms with Gasteiger partial charge in [-0.05, 0) is 0 Å². The van der Waals surface area contributed by atoms with E-state index in [4.69, 9.17) is 11.5 Å². The zero-order valence-electron chi connectivity index (χ0n) is 8.23. The summed E-state index contributed by atoms with van der Waals surface area (Å²) in [7, 11) is 0. The molecule has 0 saturated heterocycles. The molecule has 15 heavy (non-hydrogen) atoms. The van der Waals surface area contributed by atoms with E-state index in [2.05, 4.69) is 20.3 Å². The minimum atomic E-state index is -0.206. The van der Waals surface area contributed by atoms with Crippen LogP contribution >= 0.6 is 0 Å². The number of aliphatic imine (C=N–C) groups is 1. The van der Waals surface area contributed by atoms with E-state index in [0.29, 0.717) is 13.0 Å². The molecule has 0 fully saturated rings. The van der Waals surface area contributed by atoms with Crippen LogP contribution in [0.5, 0.6) is 0 Å². The van der Waals surface area contributed by atoms with Crippen LogP contribution in [0.4, 0.5) is 0 Å². The van der Waals surface area contributed by atoms with Gasteiger partial charge in [-0.2, -0.15) is 0 Å². The van der Waals surface area contributed by atoms with Crippen LogP contribution < -0.4 is 16.8 Å². The van der Waals surface area contributed by atoms with Crippen molar-refractivity contribution in [2.75, 3.05) is 13.1 Å². The van der Waals surface area contributed by atoms with E-state index >= 15 is 0 Å². The Labute approximate surface area is 87.0 Å². The highest BCUT2D eigenvalue weighted by Crippen LogP contribution is 1.90. The Kier molecular flexibility index (Phi) is 4.14. The van der Waals surface area contributed by atoms with E-state index < -0.39 is 0 Å². The highest BCUT2D eigenvalue weighted by atomic mass is 16.1. The molecule has 1 rings (SSSR count). The van der Waals surface area contributed by atoms with E-state index in [0.717, 1.165) is 5.69 Å². The molecule has 1 aromatic rings. The van der Waals surface area contributed by atoms with Crippen LogP contribution in [0, 0.1) is 0 Å². The third kappa shape index (κ3) is 4.65. The summed E-state index contributed by atoms with van der Waals surface area (Å²) in [6.07, 6.45) is 4.01. The van der Waals surface area contributed by atoms with E-state index in [1.54, 1.807) is 12.5 Å². The number of nitrogens with one attached hydrogen (secondary N) is 2. The SMILES string of the molecule is NC(N)=NCC(=O)NCCc1cnc[nH]1. The van der Waals surface area contributed by atoms with Crippen molar-refractivity contribution in [1.82, 2.24) is 15.3 Å². The number of rotatable bonds is 5. The molecule has 6 N–H and O–H groups in total. The van der Waals surface area contributed by atoms with Crippen LogP contribution in [0.15, 0.2) is 17.5 Å². The molecule has 1 heterocycles. The normalized spacial score (nSPS) is 9.60. The molecule has 7 nitrogen and oxygen atoms in total. The number of aromatic nitrogens is 2. The van der Waals surface area contributed by atoms with Gasteiger partial charge in [-0.3, -0.25) is 4.79 Å². The van der Waals surface area contributed by atoms with Gasteiger partial charge in [0.25, 0.3) is 0 Å². The molecule has 0 aliphatic rings. The lowest BCUT2D eigenvalue weighted by atomic mass is 10.3. The molecule has 0 aromatic carbocycles. The predicted octanol–water partition coefficient (Wildman–Crippen LogP) is -1.66. The third-order valence-electron chi connectivity index (χ3n) is 1.68. The maximum Gasteiger partial charge on any atom is 0.241 e. The Balaban J connectivity index is 2.15. The van der Waals surface area contributed by atoms with Gasteiger partial charge in [0, 0.05) is 24.9 Å². The second kappa shape index (κ2) is 5.63. The van der Waals surface area contributed by atoms with Crippen LogP contribution in [0.2, 0.25) is 0 Å². The largest absolute Gasteiger partial charge is 0.370 e. The quantitative estimate of drug-likeness (QED) is 0.343. The number of carbonyl (C=O) groups is 1. The molecular formula is C8H14N6O. The number of H-pyrrole nitrogens is 1. The first-order valence-electron chi connectivity index (χ1n) is 4.48. The number of hydrogen-bond acceptors (Lipinski definition) is 3. The van der Waals surface area contributed by atoms with Crippen LogP contribution in [-0.2, 0) is 11.2 Å². The molecule has 0 aliphatic heterocycles. The minimum absolute atomic E-state index is 0.0364. The van der Waals surface area contributed by atoms with E-state index in [-0.39, 0.29) is 18.4 Å². The smallest absolute Gasteiger partial charge is 0.241 e. The zero-order valence-corrected chi connectivity index (χ0v) is 8.23. The molecule has 1 aromatic heterocycles. The summed E-state index contributed by atoms with van der Waals surface area (Å²) >= 11 is 0. The third-order valence-corrected chi connectivity index (χ3v) is 1.68. The molecule has 0 aliphatic carbocycles. The molecular weight excluding hydrogens is 196 g/mol. The van der Waals surface area contributed by atoms with Gasteiger partial charge in [0.2, 0.25) is 5.91 Å². The number of hydrogen-bond donors (Lipinski definition) is 4. The molecule has 0 spiro atoms. The van der Waals surface area contributed by atoms with Gasteiger partial charge >= 0.3 is 0 Å². The second-order valence-electron chi connectivity index (χ2n) is 2.92. The maximum atomic E-state index is 11.1. The fourth-order valence-corrected chi connectivity index (χ4v) is 0.977. The maximum absolute atomic E-state index is 11.1. The van der Waals surface area contributed by atoms with Gasteiger partial charge in [-0.1, -0.05) is 0 Å². The van der Waals surface area contributed by atoms with Crippen molar-refractivity contribution in [3.05, 3.63) is 18.2 Å². The van der Waals surface area contributed by atoms with Crippen LogP contribution in [0.25, 0.3) is 0 Å². The molecule has 1 amide bonds. The summed E-state index contributed by atoms with van der Waals surface area (Å²) in [5.41, 5.74) is 11.1. The Morgan fingerprint density at radius 3 is 3.00 bits per heavy atom. The van der Waals surface area contributed by atoms with Gasteiger partial charge in [0.1, 0.15) is 6.54 Å². The molecule has 0 radical (unpaired) electrons. The van der Waals surface area contributed by atoms with Crippen molar-refractivity contribution >= 4 is 11.9 Å². The van der Waals surface area contributed by atoms with Gasteiger partial charge in [-0.15, -0.1) is 0 Å². The van der Waals surface area contributed by atoms with Crippen molar-refractivity contribution in [2.45, 2.75) is 6.42 Å². The summed E-state index contributed by atoms with van der Waals surface area (Å²) in [4.78, 5) is 21.5. The topological polar surface area (TPSA) is 122 Å². The highest BCUT2D eigenvalue weighted by molar-refractivity contribution is 5.82. The predicted molar refractivity (Wildman–Crippen MR) is 56.0 cm³/mol. The molecule has 0 saturated carbocycles. The Morgan fingerprint density at radius 2 is 2.40 bits per heavy atom. The van der Waals surface area contributed by atoms with Crippen molar-refractivity contribution in [3.63, 3.8) is 0 Å². The number of carbonyl (C=O) groups excluding carboxylic acids is 1. The van der Waals surface area contributed by atoms with Gasteiger partial charge in [0.15, 0.2) is 5.96 Å². The zero-order chi connectivity index (χ0) is 11.1. The number of nitrogens with two attached hydrogens (primary N) is 2. The number of amides is 1. The lowest BCUT2D eigenvalue weighted by Crippen LogP contribution is -2.30. The van der Waals surface area contributed by atoms with Crippen molar-refractivity contribution in [3.8, 4) is 0 Å². The number of nitrogens with zero attached hydrogens (tertiary/aromatic N) is 2. The summed E-state index contributed by atoms with van der Waals surface area (Å²) in [5, 5.41) is 2.67. The van der Waals surface area contributed by atoms with Gasteiger partial charge in [-0.25, -0.2) is 9.98 Å². The monoisotopic (exact) mass is 210 g/mol. The van der Waals surface area contributed by atoms with Gasteiger partial charge < -0.3 is 21.8 Å². The summed E-state index contributed by atoms with van der Waals surface area (Å²) in [5.74, 6) is -0.290. The fourth-order valence-electron chi connectivity index (χ4n) is 0.977. The fraction of sp³-hybridized carbons (Fsp3) is 0.375. The van der Waals surface area contributed by atoms with Crippen LogP contribution in [-0.4, -0.2) is 34.9 Å². The van der Waals surface area contributed by atoms with E-state index in [1.165, 1.54) is 0 Å². The summed E-state index contributed by atoms with van der Waals surface area (Å²) in [6.45, 7) is 0.492. The van der Waals surface area contributed by atoms with Crippen LogP contribution in [0.1, 0.15) is 5.69 Å². The first-order valence-corrected chi connectivity index (χ1v) is 4.48. The molecule has 7 heteroatoms. The highest BCUT2D eigenvalue weighted by Gasteiger charge is 1.99. The van der Waals surface area contributed by atoms with Gasteiger partial charge in [0.05, 0.1) is 6.33 Å². The lowest BCUT2D eigenvalue weighted by molar-refractivity contribution is -0.119. The van der Waals surface area contributed by atoms with Crippen molar-refractivity contribution in [2.24, 2.45) is 16.5 Å². The van der Waals surface area contributed by atoms with E-state index in [1.807, 2.05) is 0 Å². The Hall–Kier alpha value is -2.05. The lowest BCUT2D eigenvalue weighted by Gasteiger charge is -2.01. The molecule has 82 valence electrons. The number of imidazole rings is 1. The molecule has 0 atom stereocenters. The molecule has 0 unspecified atom stereocenters. The number of guanidine groups is 1. The standard InChI is InChI=1S/C8H14N6O/c9-8(10)13-4-7(15)12-2-1-6-3-11-5-14-6/h3,5H,1-2,4H2,(H,11,14)(H,12,15)(H4,9,10,13). The average molecular weight is 210 g/mol. The van der Waals surface area contributed by atoms with Crippen LogP contribution in [0.3, 0.4) is 0 Å². The summed E-state index contributed by atoms with van der Waals surface area (Å²) < 4.78 is 0. The minimum Gasteiger partial charge on any atom is -0.370 e. The first kappa shape index (κ1) is 11.0. The summed E-state index contributed by atoms with van der Waals surface area (Å²) in [6, 6.07) is 0. The van der Waals surface area contributed by atoms with Crippen molar-refractivity contribution < 1.29 is 4.79 Å². The van der Waals surface area contributed by atoms with Crippen molar-refractivity contribution in [1.29, 1.82) is 0 Å². The first-order chi connectivity index (χ1) is 7.18. The Morgan fingerprint density at radius 1 is 1.60 bits per heavy atom. The Bertz CT molecular complexity index is 327. The van der Waals surface area contributed by atoms with E-state index in [9.17, 15) is 4.79 Å². The second-order valence-corrected chi connectivity index (χ2v) is 2.92. The number of aromatic amines is 1. The molecule has 0 bridgehead atoms.